The van der Waals surface area contributed by atoms with Crippen LogP contribution in [0.4, 0.5) is 0 Å². The van der Waals surface area contributed by atoms with Crippen LogP contribution >= 0.6 is 11.8 Å². The molecule has 0 bridgehead atoms. The first-order valence-electron chi connectivity index (χ1n) is 6.73. The van der Waals surface area contributed by atoms with Crippen molar-refractivity contribution in [3.8, 4) is 0 Å². The largest absolute Gasteiger partial charge is 0.314 e. The van der Waals surface area contributed by atoms with E-state index in [1.165, 1.54) is 38.2 Å². The molecule has 2 rings (SSSR count). The molecule has 1 aliphatic rings. The van der Waals surface area contributed by atoms with Crippen molar-refractivity contribution in [2.75, 3.05) is 6.54 Å². The smallest absolute Gasteiger partial charge is 0.251 e. The van der Waals surface area contributed by atoms with Gasteiger partial charge in [0, 0.05) is 23.6 Å². The van der Waals surface area contributed by atoms with Gasteiger partial charge in [-0.1, -0.05) is 25.1 Å². The Morgan fingerprint density at radius 2 is 2.44 bits per heavy atom. The Morgan fingerprint density at radius 1 is 1.56 bits per heavy atom. The van der Waals surface area contributed by atoms with E-state index in [2.05, 4.69) is 22.2 Å². The predicted octanol–water partition coefficient (Wildman–Crippen LogP) is 2.17. The van der Waals surface area contributed by atoms with Crippen LogP contribution in [0, 0.1) is 0 Å². The lowest BCUT2D eigenvalue weighted by Gasteiger charge is -2.29. The van der Waals surface area contributed by atoms with E-state index in [9.17, 15) is 4.79 Å². The Labute approximate surface area is 112 Å². The van der Waals surface area contributed by atoms with E-state index >= 15 is 0 Å². The summed E-state index contributed by atoms with van der Waals surface area (Å²) in [6, 6.07) is 2.09. The third-order valence-corrected chi connectivity index (χ3v) is 4.43. The van der Waals surface area contributed by atoms with Gasteiger partial charge in [-0.25, -0.2) is 4.98 Å². The Morgan fingerprint density at radius 3 is 3.22 bits per heavy atom. The molecule has 1 aromatic rings. The third-order valence-electron chi connectivity index (χ3n) is 3.24. The van der Waals surface area contributed by atoms with Gasteiger partial charge in [-0.15, -0.1) is 0 Å². The molecule has 0 amide bonds. The number of thioether (sulfide) groups is 1. The third kappa shape index (κ3) is 4.14. The summed E-state index contributed by atoms with van der Waals surface area (Å²) in [4.78, 5) is 18.2. The van der Waals surface area contributed by atoms with E-state index in [4.69, 9.17) is 0 Å². The highest BCUT2D eigenvalue weighted by atomic mass is 32.2. The van der Waals surface area contributed by atoms with Crippen LogP contribution < -0.4 is 10.9 Å². The fourth-order valence-electron chi connectivity index (χ4n) is 2.36. The second kappa shape index (κ2) is 6.95. The molecule has 0 radical (unpaired) electrons. The van der Waals surface area contributed by atoms with Crippen molar-refractivity contribution in [1.29, 1.82) is 0 Å². The number of H-pyrrole nitrogens is 1. The highest BCUT2D eigenvalue weighted by Crippen LogP contribution is 2.31. The topological polar surface area (TPSA) is 57.8 Å². The first-order valence-corrected chi connectivity index (χ1v) is 7.61. The summed E-state index contributed by atoms with van der Waals surface area (Å²) in [7, 11) is 0. The van der Waals surface area contributed by atoms with E-state index < -0.39 is 0 Å². The van der Waals surface area contributed by atoms with E-state index in [0.717, 1.165) is 11.7 Å². The van der Waals surface area contributed by atoms with Crippen LogP contribution in [-0.4, -0.2) is 27.8 Å². The Bertz CT molecular complexity index is 421. The fourth-order valence-corrected chi connectivity index (χ4v) is 3.57. The average molecular weight is 267 g/mol. The second-order valence-electron chi connectivity index (χ2n) is 4.80. The van der Waals surface area contributed by atoms with Gasteiger partial charge in [0.25, 0.3) is 5.56 Å². The van der Waals surface area contributed by atoms with E-state index in [-0.39, 0.29) is 5.56 Å². The summed E-state index contributed by atoms with van der Waals surface area (Å²) in [6.45, 7) is 3.29. The lowest BCUT2D eigenvalue weighted by molar-refractivity contribution is 0.381. The highest BCUT2D eigenvalue weighted by molar-refractivity contribution is 7.99. The number of hydrogen-bond donors (Lipinski definition) is 2. The molecule has 0 aliphatic heterocycles. The van der Waals surface area contributed by atoms with Gasteiger partial charge in [0.1, 0.15) is 0 Å². The number of nitrogens with zero attached hydrogens (tertiary/aromatic N) is 1. The maximum Gasteiger partial charge on any atom is 0.251 e. The lowest BCUT2D eigenvalue weighted by Crippen LogP contribution is -2.35. The van der Waals surface area contributed by atoms with Crippen LogP contribution in [0.3, 0.4) is 0 Å². The van der Waals surface area contributed by atoms with Crippen molar-refractivity contribution in [1.82, 2.24) is 15.3 Å². The van der Waals surface area contributed by atoms with Crippen LogP contribution in [0.1, 0.15) is 39.0 Å². The average Bonchev–Trinajstić information content (AvgIpc) is 2.37. The van der Waals surface area contributed by atoms with E-state index in [0.29, 0.717) is 11.3 Å². The zero-order valence-electron chi connectivity index (χ0n) is 10.8. The highest BCUT2D eigenvalue weighted by Gasteiger charge is 2.22. The molecule has 4 nitrogen and oxygen atoms in total. The standard InChI is InChI=1S/C13H21N3OS/c1-2-7-14-10-4-3-5-11(9-10)18-13-15-8-6-12(17)16-13/h6,8,10-11,14H,2-5,7,9H2,1H3,(H,15,16,17). The molecule has 1 aliphatic carbocycles. The van der Waals surface area contributed by atoms with E-state index in [1.54, 1.807) is 18.0 Å². The first kappa shape index (κ1) is 13.6. The molecule has 1 aromatic heterocycles. The monoisotopic (exact) mass is 267 g/mol. The number of rotatable bonds is 5. The summed E-state index contributed by atoms with van der Waals surface area (Å²) < 4.78 is 0. The van der Waals surface area contributed by atoms with Gasteiger partial charge >= 0.3 is 0 Å². The van der Waals surface area contributed by atoms with Crippen LogP contribution in [-0.2, 0) is 0 Å². The molecule has 1 fully saturated rings. The van der Waals surface area contributed by atoms with Crippen molar-refractivity contribution in [3.63, 3.8) is 0 Å². The predicted molar refractivity (Wildman–Crippen MR) is 75.1 cm³/mol. The lowest BCUT2D eigenvalue weighted by atomic mass is 9.95. The minimum atomic E-state index is -0.0658. The molecule has 5 heteroatoms. The van der Waals surface area contributed by atoms with Crippen molar-refractivity contribution in [3.05, 3.63) is 22.6 Å². The molecule has 0 spiro atoms. The van der Waals surface area contributed by atoms with Gasteiger partial charge in [-0.05, 0) is 32.2 Å². The SMILES string of the molecule is CCCNC1CCCC(Sc2nccc(=O)[nH]2)C1. The summed E-state index contributed by atoms with van der Waals surface area (Å²) in [5.74, 6) is 0. The van der Waals surface area contributed by atoms with Gasteiger partial charge in [0.15, 0.2) is 5.16 Å². The number of aromatic nitrogens is 2. The molecule has 18 heavy (non-hydrogen) atoms. The quantitative estimate of drug-likeness (QED) is 0.803. The van der Waals surface area contributed by atoms with E-state index in [1.807, 2.05) is 0 Å². The van der Waals surface area contributed by atoms with Gasteiger partial charge in [-0.3, -0.25) is 4.79 Å². The van der Waals surface area contributed by atoms with Crippen LogP contribution in [0.25, 0.3) is 0 Å². The van der Waals surface area contributed by atoms with Gasteiger partial charge in [0.2, 0.25) is 0 Å². The molecule has 2 unspecified atom stereocenters. The van der Waals surface area contributed by atoms with Gasteiger partial charge in [0.05, 0.1) is 0 Å². The zero-order valence-corrected chi connectivity index (χ0v) is 11.6. The normalized spacial score (nSPS) is 24.1. The number of nitrogens with one attached hydrogen (secondary N) is 2. The summed E-state index contributed by atoms with van der Waals surface area (Å²) in [6.07, 6.45) is 7.68. The summed E-state index contributed by atoms with van der Waals surface area (Å²) in [5, 5.41) is 4.91. The van der Waals surface area contributed by atoms with Crippen LogP contribution in [0.5, 0.6) is 0 Å². The molecular weight excluding hydrogens is 246 g/mol. The van der Waals surface area contributed by atoms with Crippen molar-refractivity contribution >= 4 is 11.8 Å². The Hall–Kier alpha value is -0.810. The summed E-state index contributed by atoms with van der Waals surface area (Å²) in [5.41, 5.74) is -0.0658. The van der Waals surface area contributed by atoms with Crippen molar-refractivity contribution < 1.29 is 0 Å². The maximum atomic E-state index is 11.2. The van der Waals surface area contributed by atoms with Crippen LogP contribution in [0.2, 0.25) is 0 Å². The molecule has 100 valence electrons. The Balaban J connectivity index is 1.87. The molecule has 2 atom stereocenters. The molecule has 2 N–H and O–H groups in total. The van der Waals surface area contributed by atoms with Gasteiger partial charge < -0.3 is 10.3 Å². The molecule has 0 aromatic carbocycles. The maximum absolute atomic E-state index is 11.2. The first-order chi connectivity index (χ1) is 8.78. The fraction of sp³-hybridized carbons (Fsp3) is 0.692. The zero-order chi connectivity index (χ0) is 12.8. The van der Waals surface area contributed by atoms with Crippen LogP contribution in [0.15, 0.2) is 22.2 Å². The van der Waals surface area contributed by atoms with Crippen molar-refractivity contribution in [2.45, 2.75) is 55.5 Å². The summed E-state index contributed by atoms with van der Waals surface area (Å²) >= 11 is 1.71. The van der Waals surface area contributed by atoms with Gasteiger partial charge in [-0.2, -0.15) is 0 Å². The molecule has 1 heterocycles. The second-order valence-corrected chi connectivity index (χ2v) is 6.09. The number of hydrogen-bond acceptors (Lipinski definition) is 4. The minimum absolute atomic E-state index is 0.0658. The molecular formula is C13H21N3OS. The Kier molecular flexibility index (Phi) is 5.26. The van der Waals surface area contributed by atoms with Crippen molar-refractivity contribution in [2.24, 2.45) is 0 Å². The molecule has 1 saturated carbocycles. The number of aromatic amines is 1. The molecule has 0 saturated heterocycles. The minimum Gasteiger partial charge on any atom is -0.314 e.